The smallest absolute Gasteiger partial charge is 0.248 e. The summed E-state index contributed by atoms with van der Waals surface area (Å²) in [5.41, 5.74) is 0. The molecule has 0 spiro atoms. The normalized spacial score (nSPS) is 24.3. The molecule has 0 radical (unpaired) electrons. The van der Waals surface area contributed by atoms with Gasteiger partial charge in [0, 0.05) is 19.1 Å². The van der Waals surface area contributed by atoms with E-state index in [0.29, 0.717) is 12.6 Å². The van der Waals surface area contributed by atoms with E-state index >= 15 is 0 Å². The van der Waals surface area contributed by atoms with Gasteiger partial charge in [0.15, 0.2) is 0 Å². The Morgan fingerprint density at radius 2 is 2.24 bits per heavy atom. The van der Waals surface area contributed by atoms with Crippen LogP contribution in [-0.2, 0) is 9.53 Å². The fourth-order valence-corrected chi connectivity index (χ4v) is 2.98. The van der Waals surface area contributed by atoms with Gasteiger partial charge >= 0.3 is 0 Å². The fraction of sp³-hybridized carbons (Fsp3) is 0.923. The highest BCUT2D eigenvalue weighted by atomic mass is 16.5. The van der Waals surface area contributed by atoms with Crippen LogP contribution in [-0.4, -0.2) is 49.7 Å². The lowest BCUT2D eigenvalue weighted by atomic mass is 9.97. The van der Waals surface area contributed by atoms with E-state index in [0.717, 1.165) is 25.6 Å². The molecule has 1 heterocycles. The first-order valence-electron chi connectivity index (χ1n) is 6.90. The molecule has 17 heavy (non-hydrogen) atoms. The maximum atomic E-state index is 11.7. The third-order valence-electron chi connectivity index (χ3n) is 3.94. The SMILES string of the molecule is CCNC(CN1CCOCC1=O)C1CCCC1. The van der Waals surface area contributed by atoms with E-state index in [1.165, 1.54) is 25.7 Å². The summed E-state index contributed by atoms with van der Waals surface area (Å²) in [7, 11) is 0. The van der Waals surface area contributed by atoms with E-state index in [4.69, 9.17) is 4.74 Å². The summed E-state index contributed by atoms with van der Waals surface area (Å²) in [6, 6.07) is 0.476. The number of amides is 1. The third kappa shape index (κ3) is 3.42. The summed E-state index contributed by atoms with van der Waals surface area (Å²) < 4.78 is 5.17. The lowest BCUT2D eigenvalue weighted by molar-refractivity contribution is -0.143. The predicted octanol–water partition coefficient (Wildman–Crippen LogP) is 1.01. The number of carbonyl (C=O) groups excluding carboxylic acids is 1. The molecule has 1 atom stereocenters. The van der Waals surface area contributed by atoms with Crippen molar-refractivity contribution in [2.75, 3.05) is 32.8 Å². The van der Waals surface area contributed by atoms with Gasteiger partial charge < -0.3 is 15.0 Å². The molecule has 0 aromatic carbocycles. The second-order valence-corrected chi connectivity index (χ2v) is 5.10. The van der Waals surface area contributed by atoms with Gasteiger partial charge in [-0.25, -0.2) is 0 Å². The lowest BCUT2D eigenvalue weighted by Crippen LogP contribution is -2.50. The molecule has 4 heteroatoms. The van der Waals surface area contributed by atoms with Crippen LogP contribution < -0.4 is 5.32 Å². The van der Waals surface area contributed by atoms with Gasteiger partial charge in [-0.15, -0.1) is 0 Å². The van der Waals surface area contributed by atoms with Crippen molar-refractivity contribution in [3.8, 4) is 0 Å². The van der Waals surface area contributed by atoms with Crippen LogP contribution in [0.5, 0.6) is 0 Å². The lowest BCUT2D eigenvalue weighted by Gasteiger charge is -2.33. The molecule has 1 saturated carbocycles. The molecule has 1 aliphatic carbocycles. The molecule has 0 aromatic rings. The van der Waals surface area contributed by atoms with Crippen LogP contribution in [0, 0.1) is 5.92 Å². The van der Waals surface area contributed by atoms with E-state index in [2.05, 4.69) is 12.2 Å². The minimum absolute atomic E-state index is 0.150. The summed E-state index contributed by atoms with van der Waals surface area (Å²) in [5.74, 6) is 0.905. The number of hydrogen-bond donors (Lipinski definition) is 1. The van der Waals surface area contributed by atoms with Crippen LogP contribution >= 0.6 is 0 Å². The number of carbonyl (C=O) groups is 1. The Bertz CT molecular complexity index is 252. The van der Waals surface area contributed by atoms with Gasteiger partial charge in [0.1, 0.15) is 6.61 Å². The monoisotopic (exact) mass is 240 g/mol. The molecule has 2 rings (SSSR count). The van der Waals surface area contributed by atoms with E-state index in [1.807, 2.05) is 4.90 Å². The molecule has 1 saturated heterocycles. The van der Waals surface area contributed by atoms with Gasteiger partial charge in [0.2, 0.25) is 5.91 Å². The second-order valence-electron chi connectivity index (χ2n) is 5.10. The Balaban J connectivity index is 1.89. The molecule has 0 aromatic heterocycles. The van der Waals surface area contributed by atoms with E-state index in [9.17, 15) is 4.79 Å². The maximum absolute atomic E-state index is 11.7. The van der Waals surface area contributed by atoms with Gasteiger partial charge in [-0.05, 0) is 25.3 Å². The van der Waals surface area contributed by atoms with Crippen LogP contribution in [0.1, 0.15) is 32.6 Å². The molecule has 1 N–H and O–H groups in total. The van der Waals surface area contributed by atoms with Gasteiger partial charge in [0.25, 0.3) is 0 Å². The zero-order chi connectivity index (χ0) is 12.1. The molecular weight excluding hydrogens is 216 g/mol. The van der Waals surface area contributed by atoms with Crippen molar-refractivity contribution in [3.05, 3.63) is 0 Å². The number of likely N-dealkylation sites (N-methyl/N-ethyl adjacent to an activating group) is 1. The second kappa shape index (κ2) is 6.36. The van der Waals surface area contributed by atoms with Gasteiger partial charge in [-0.2, -0.15) is 0 Å². The largest absolute Gasteiger partial charge is 0.370 e. The Kier molecular flexibility index (Phi) is 4.80. The Morgan fingerprint density at radius 1 is 1.47 bits per heavy atom. The molecule has 98 valence electrons. The Morgan fingerprint density at radius 3 is 2.88 bits per heavy atom. The van der Waals surface area contributed by atoms with Gasteiger partial charge in [-0.1, -0.05) is 19.8 Å². The average molecular weight is 240 g/mol. The highest BCUT2D eigenvalue weighted by Crippen LogP contribution is 2.28. The number of hydrogen-bond acceptors (Lipinski definition) is 3. The molecule has 0 bridgehead atoms. The zero-order valence-electron chi connectivity index (χ0n) is 10.8. The first kappa shape index (κ1) is 12.8. The molecule has 1 aliphatic heterocycles. The summed E-state index contributed by atoms with van der Waals surface area (Å²) in [6.07, 6.45) is 5.33. The number of ether oxygens (including phenoxy) is 1. The fourth-order valence-electron chi connectivity index (χ4n) is 2.98. The minimum Gasteiger partial charge on any atom is -0.370 e. The van der Waals surface area contributed by atoms with Crippen molar-refractivity contribution in [1.29, 1.82) is 0 Å². The maximum Gasteiger partial charge on any atom is 0.248 e. The zero-order valence-corrected chi connectivity index (χ0v) is 10.8. The third-order valence-corrected chi connectivity index (χ3v) is 3.94. The molecule has 2 fully saturated rings. The number of rotatable bonds is 5. The number of nitrogens with one attached hydrogen (secondary N) is 1. The van der Waals surface area contributed by atoms with Crippen LogP contribution in [0.3, 0.4) is 0 Å². The molecular formula is C13H24N2O2. The first-order valence-corrected chi connectivity index (χ1v) is 6.90. The van der Waals surface area contributed by atoms with E-state index in [-0.39, 0.29) is 12.5 Å². The van der Waals surface area contributed by atoms with Crippen LogP contribution in [0.25, 0.3) is 0 Å². The van der Waals surface area contributed by atoms with Gasteiger partial charge in [-0.3, -0.25) is 4.79 Å². The van der Waals surface area contributed by atoms with Crippen molar-refractivity contribution in [1.82, 2.24) is 10.2 Å². The topological polar surface area (TPSA) is 41.6 Å². The summed E-state index contributed by atoms with van der Waals surface area (Å²) >= 11 is 0. The summed E-state index contributed by atoms with van der Waals surface area (Å²) in [6.45, 7) is 5.70. The molecule has 1 unspecified atom stereocenters. The van der Waals surface area contributed by atoms with Crippen molar-refractivity contribution in [3.63, 3.8) is 0 Å². The first-order chi connectivity index (χ1) is 8.31. The number of morpholine rings is 1. The van der Waals surface area contributed by atoms with Crippen LogP contribution in [0.2, 0.25) is 0 Å². The quantitative estimate of drug-likeness (QED) is 0.780. The highest BCUT2D eigenvalue weighted by Gasteiger charge is 2.28. The molecule has 1 amide bonds. The standard InChI is InChI=1S/C13H24N2O2/c1-2-14-12(11-5-3-4-6-11)9-15-7-8-17-10-13(15)16/h11-12,14H,2-10H2,1H3. The average Bonchev–Trinajstić information content (AvgIpc) is 2.85. The van der Waals surface area contributed by atoms with Crippen molar-refractivity contribution >= 4 is 5.91 Å². The van der Waals surface area contributed by atoms with Crippen LogP contribution in [0.4, 0.5) is 0 Å². The van der Waals surface area contributed by atoms with Crippen molar-refractivity contribution in [2.45, 2.75) is 38.6 Å². The molecule has 2 aliphatic rings. The van der Waals surface area contributed by atoms with Gasteiger partial charge in [0.05, 0.1) is 6.61 Å². The number of nitrogens with zero attached hydrogens (tertiary/aromatic N) is 1. The Hall–Kier alpha value is -0.610. The Labute approximate surface area is 104 Å². The minimum atomic E-state index is 0.150. The molecule has 4 nitrogen and oxygen atoms in total. The van der Waals surface area contributed by atoms with Crippen molar-refractivity contribution in [2.24, 2.45) is 5.92 Å². The van der Waals surface area contributed by atoms with E-state index < -0.39 is 0 Å². The highest BCUT2D eigenvalue weighted by molar-refractivity contribution is 5.78. The summed E-state index contributed by atoms with van der Waals surface area (Å²) in [5, 5.41) is 3.56. The van der Waals surface area contributed by atoms with Crippen LogP contribution in [0.15, 0.2) is 0 Å². The summed E-state index contributed by atoms with van der Waals surface area (Å²) in [4.78, 5) is 13.7. The van der Waals surface area contributed by atoms with E-state index in [1.54, 1.807) is 0 Å². The predicted molar refractivity (Wildman–Crippen MR) is 66.8 cm³/mol. The van der Waals surface area contributed by atoms with Crippen molar-refractivity contribution < 1.29 is 9.53 Å².